The van der Waals surface area contributed by atoms with Crippen LogP contribution in [0.2, 0.25) is 0 Å². The number of halogens is 4. The molecule has 0 saturated carbocycles. The molecule has 3 aromatic rings. The van der Waals surface area contributed by atoms with Gasteiger partial charge in [-0.05, 0) is 43.7 Å². The lowest BCUT2D eigenvalue weighted by Crippen LogP contribution is -2.41. The Morgan fingerprint density at radius 2 is 1.97 bits per heavy atom. The van der Waals surface area contributed by atoms with Crippen LogP contribution in [0.15, 0.2) is 30.3 Å². The monoisotopic (exact) mass is 494 g/mol. The minimum atomic E-state index is -4.66. The van der Waals surface area contributed by atoms with Gasteiger partial charge in [0.25, 0.3) is 0 Å². The van der Waals surface area contributed by atoms with E-state index in [9.17, 15) is 17.6 Å². The van der Waals surface area contributed by atoms with Gasteiger partial charge in [-0.1, -0.05) is 0 Å². The number of rotatable bonds is 7. The van der Waals surface area contributed by atoms with Crippen LogP contribution in [0.4, 0.5) is 23.4 Å². The summed E-state index contributed by atoms with van der Waals surface area (Å²) in [6, 6.07) is 5.20. The molecule has 1 fully saturated rings. The molecule has 11 heteroatoms. The van der Waals surface area contributed by atoms with Crippen LogP contribution >= 0.6 is 0 Å². The van der Waals surface area contributed by atoms with Crippen molar-refractivity contribution in [1.29, 1.82) is 0 Å². The van der Waals surface area contributed by atoms with E-state index in [1.807, 2.05) is 0 Å². The second-order valence-electron chi connectivity index (χ2n) is 8.28. The summed E-state index contributed by atoms with van der Waals surface area (Å²) in [5.41, 5.74) is -0.361. The quantitative estimate of drug-likeness (QED) is 0.463. The molecule has 0 amide bonds. The first-order valence-electron chi connectivity index (χ1n) is 11.1. The van der Waals surface area contributed by atoms with Crippen LogP contribution in [-0.4, -0.2) is 49.5 Å². The molecule has 2 heterocycles. The molecule has 0 radical (unpaired) electrons. The zero-order valence-electron chi connectivity index (χ0n) is 19.5. The van der Waals surface area contributed by atoms with Crippen molar-refractivity contribution in [3.8, 4) is 11.5 Å². The summed E-state index contributed by atoms with van der Waals surface area (Å²) in [7, 11) is 1.52. The lowest BCUT2D eigenvalue weighted by molar-refractivity contribution is -0.137. The lowest BCUT2D eigenvalue weighted by atomic mass is 10.0. The van der Waals surface area contributed by atoms with E-state index in [2.05, 4.69) is 20.6 Å². The number of alkyl halides is 3. The van der Waals surface area contributed by atoms with E-state index in [1.165, 1.54) is 7.11 Å². The molecule has 1 aromatic heterocycles. The number of hydrogen-bond donors (Lipinski definition) is 2. The molecular weight excluding hydrogens is 468 g/mol. The summed E-state index contributed by atoms with van der Waals surface area (Å²) >= 11 is 0. The van der Waals surface area contributed by atoms with Crippen LogP contribution in [0.25, 0.3) is 10.9 Å². The number of hydrogen-bond acceptors (Lipinski definition) is 7. The van der Waals surface area contributed by atoms with Crippen molar-refractivity contribution in [2.75, 3.05) is 38.7 Å². The van der Waals surface area contributed by atoms with E-state index in [0.717, 1.165) is 18.7 Å². The first-order chi connectivity index (χ1) is 16.6. The molecule has 188 valence electrons. The average Bonchev–Trinajstić information content (AvgIpc) is 2.82. The number of nitrogens with one attached hydrogen (secondary N) is 2. The smallest absolute Gasteiger partial charge is 0.416 e. The molecule has 2 aromatic carbocycles. The normalized spacial score (nSPS) is 17.3. The molecule has 1 aliphatic heterocycles. The molecule has 35 heavy (non-hydrogen) atoms. The van der Waals surface area contributed by atoms with Crippen molar-refractivity contribution in [3.63, 3.8) is 0 Å². The van der Waals surface area contributed by atoms with Gasteiger partial charge in [0.1, 0.15) is 30.2 Å². The van der Waals surface area contributed by atoms with E-state index in [-0.39, 0.29) is 11.7 Å². The first-order valence-corrected chi connectivity index (χ1v) is 11.1. The molecular formula is C24H26F4N4O3. The van der Waals surface area contributed by atoms with Crippen molar-refractivity contribution in [1.82, 2.24) is 15.3 Å². The van der Waals surface area contributed by atoms with Gasteiger partial charge in [0.15, 0.2) is 11.5 Å². The molecule has 1 aliphatic rings. The maximum Gasteiger partial charge on any atom is 0.416 e. The van der Waals surface area contributed by atoms with Gasteiger partial charge in [-0.3, -0.25) is 0 Å². The topological polar surface area (TPSA) is 77.5 Å². The standard InChI is InChI=1S/C24H26F4N4O3/c1-13(15-6-16(24(26,27)28)8-17(25)7-15)30-23-19-9-22(35-12-18-11-29-4-5-34-18)21(33-3)10-20(19)31-14(2)32-23/h6-10,13,18,29H,4-5,11-12H2,1-3H3,(H,30,31,32)/t13-,18+/m1/s1. The zero-order valence-corrected chi connectivity index (χ0v) is 19.5. The Kier molecular flexibility index (Phi) is 7.27. The van der Waals surface area contributed by atoms with Crippen molar-refractivity contribution < 1.29 is 31.8 Å². The van der Waals surface area contributed by atoms with Gasteiger partial charge in [0.05, 0.1) is 30.8 Å². The minimum Gasteiger partial charge on any atom is -0.493 e. The highest BCUT2D eigenvalue weighted by Crippen LogP contribution is 2.36. The predicted octanol–water partition coefficient (Wildman–Crippen LogP) is 4.65. The van der Waals surface area contributed by atoms with Crippen molar-refractivity contribution in [3.05, 3.63) is 53.1 Å². The zero-order chi connectivity index (χ0) is 25.2. The fourth-order valence-corrected chi connectivity index (χ4v) is 3.86. The first kappa shape index (κ1) is 24.9. The van der Waals surface area contributed by atoms with Crippen LogP contribution in [0.1, 0.15) is 29.9 Å². The Labute approximate surface area is 199 Å². The number of morpholine rings is 1. The van der Waals surface area contributed by atoms with Crippen molar-refractivity contribution >= 4 is 16.7 Å². The van der Waals surface area contributed by atoms with Crippen LogP contribution < -0.4 is 20.1 Å². The molecule has 0 bridgehead atoms. The minimum absolute atomic E-state index is 0.119. The number of benzene rings is 2. The molecule has 2 atom stereocenters. The van der Waals surface area contributed by atoms with Crippen LogP contribution in [-0.2, 0) is 10.9 Å². The van der Waals surface area contributed by atoms with Crippen LogP contribution in [0, 0.1) is 12.7 Å². The third-order valence-corrected chi connectivity index (χ3v) is 5.62. The lowest BCUT2D eigenvalue weighted by Gasteiger charge is -2.24. The molecule has 0 spiro atoms. The maximum atomic E-state index is 14.0. The number of aryl methyl sites for hydroxylation is 1. The number of aromatic nitrogens is 2. The van der Waals surface area contributed by atoms with E-state index in [4.69, 9.17) is 14.2 Å². The SMILES string of the molecule is COc1cc2nc(C)nc(N[C@H](C)c3cc(F)cc(C(F)(F)F)c3)c2cc1OC[C@@H]1CNCCO1. The number of ether oxygens (including phenoxy) is 3. The highest BCUT2D eigenvalue weighted by molar-refractivity contribution is 5.92. The van der Waals surface area contributed by atoms with Gasteiger partial charge < -0.3 is 24.8 Å². The second kappa shape index (κ2) is 10.2. The summed E-state index contributed by atoms with van der Waals surface area (Å²) in [6.45, 7) is 5.67. The molecule has 7 nitrogen and oxygen atoms in total. The number of fused-ring (bicyclic) bond motifs is 1. The molecule has 2 N–H and O–H groups in total. The van der Waals surface area contributed by atoms with Gasteiger partial charge in [-0.2, -0.15) is 13.2 Å². The van der Waals surface area contributed by atoms with E-state index in [0.29, 0.717) is 59.9 Å². The fraction of sp³-hybridized carbons (Fsp3) is 0.417. The Hall–Kier alpha value is -3.18. The Morgan fingerprint density at radius 3 is 2.66 bits per heavy atom. The summed E-state index contributed by atoms with van der Waals surface area (Å²) in [4.78, 5) is 8.88. The Bertz CT molecular complexity index is 1200. The van der Waals surface area contributed by atoms with E-state index >= 15 is 0 Å². The summed E-state index contributed by atoms with van der Waals surface area (Å²) in [5, 5.41) is 6.91. The molecule has 0 aliphatic carbocycles. The van der Waals surface area contributed by atoms with Gasteiger partial charge in [0, 0.05) is 24.5 Å². The predicted molar refractivity (Wildman–Crippen MR) is 122 cm³/mol. The number of nitrogens with zero attached hydrogens (tertiary/aromatic N) is 2. The summed E-state index contributed by atoms with van der Waals surface area (Å²) in [5.74, 6) is 0.772. The Balaban J connectivity index is 1.66. The summed E-state index contributed by atoms with van der Waals surface area (Å²) in [6.07, 6.45) is -4.78. The maximum absolute atomic E-state index is 14.0. The van der Waals surface area contributed by atoms with Crippen molar-refractivity contribution in [2.24, 2.45) is 0 Å². The van der Waals surface area contributed by atoms with Gasteiger partial charge in [-0.15, -0.1) is 0 Å². The number of methoxy groups -OCH3 is 1. The van der Waals surface area contributed by atoms with Crippen molar-refractivity contribution in [2.45, 2.75) is 32.2 Å². The largest absolute Gasteiger partial charge is 0.493 e. The van der Waals surface area contributed by atoms with Crippen LogP contribution in [0.3, 0.4) is 0 Å². The van der Waals surface area contributed by atoms with Gasteiger partial charge in [-0.25, -0.2) is 14.4 Å². The van der Waals surface area contributed by atoms with Crippen LogP contribution in [0.5, 0.6) is 11.5 Å². The third-order valence-electron chi connectivity index (χ3n) is 5.62. The molecule has 0 unspecified atom stereocenters. The molecule has 4 rings (SSSR count). The van der Waals surface area contributed by atoms with Gasteiger partial charge in [0.2, 0.25) is 0 Å². The number of anilines is 1. The highest BCUT2D eigenvalue weighted by atomic mass is 19.4. The Morgan fingerprint density at radius 1 is 1.17 bits per heavy atom. The fourth-order valence-electron chi connectivity index (χ4n) is 3.86. The van der Waals surface area contributed by atoms with E-state index < -0.39 is 23.6 Å². The average molecular weight is 494 g/mol. The molecule has 1 saturated heterocycles. The van der Waals surface area contributed by atoms with Gasteiger partial charge >= 0.3 is 6.18 Å². The second-order valence-corrected chi connectivity index (χ2v) is 8.28. The van der Waals surface area contributed by atoms with E-state index in [1.54, 1.807) is 26.0 Å². The highest BCUT2D eigenvalue weighted by Gasteiger charge is 2.32. The third kappa shape index (κ3) is 5.91. The summed E-state index contributed by atoms with van der Waals surface area (Å²) < 4.78 is 70.6.